The predicted octanol–water partition coefficient (Wildman–Crippen LogP) is -0.188. The second-order valence-electron chi connectivity index (χ2n) is 7.12. The van der Waals surface area contributed by atoms with Crippen molar-refractivity contribution in [2.24, 2.45) is 23.5 Å². The van der Waals surface area contributed by atoms with Crippen LogP contribution in [0.15, 0.2) is 41.3 Å². The number of benzene rings is 1. The van der Waals surface area contributed by atoms with Crippen LogP contribution in [0.3, 0.4) is 0 Å². The molecule has 0 spiro atoms. The molecule has 1 saturated heterocycles. The van der Waals surface area contributed by atoms with Crippen LogP contribution in [0.4, 0.5) is 5.82 Å². The number of nitrogens with zero attached hydrogens (tertiary/aromatic N) is 3. The van der Waals surface area contributed by atoms with Crippen LogP contribution < -0.4 is 17.2 Å². The van der Waals surface area contributed by atoms with Gasteiger partial charge in [0, 0.05) is 31.9 Å². The Hall–Kier alpha value is -2.22. The molecule has 0 amide bonds. The van der Waals surface area contributed by atoms with E-state index in [-0.39, 0.29) is 24.2 Å². The summed E-state index contributed by atoms with van der Waals surface area (Å²) in [6.45, 7) is 3.07. The molecule has 2 aromatic rings. The molecule has 7 nitrogen and oxygen atoms in total. The lowest BCUT2D eigenvalue weighted by Gasteiger charge is -2.21. The van der Waals surface area contributed by atoms with Gasteiger partial charge >= 0.3 is 5.69 Å². The standard InChI is InChI=1S/C18H23N5O2/c19-15(10-24)17-13-8-22(9-14(13)17)7-11-1-3-12(4-2-11)23-6-5-16(20)21-18(23)25/h1-6,13-15,17,24H,7-10,19H2,(H2,20,21,25). The van der Waals surface area contributed by atoms with Gasteiger partial charge in [-0.15, -0.1) is 0 Å². The Kier molecular flexibility index (Phi) is 4.07. The molecule has 1 aliphatic carbocycles. The highest BCUT2D eigenvalue weighted by atomic mass is 16.3. The van der Waals surface area contributed by atoms with Crippen molar-refractivity contribution in [3.63, 3.8) is 0 Å². The van der Waals surface area contributed by atoms with Gasteiger partial charge in [0.25, 0.3) is 0 Å². The van der Waals surface area contributed by atoms with Gasteiger partial charge in [-0.3, -0.25) is 9.47 Å². The number of anilines is 1. The topological polar surface area (TPSA) is 110 Å². The highest BCUT2D eigenvalue weighted by Crippen LogP contribution is 2.53. The van der Waals surface area contributed by atoms with E-state index in [0.29, 0.717) is 17.8 Å². The molecule has 25 heavy (non-hydrogen) atoms. The molecular weight excluding hydrogens is 318 g/mol. The average Bonchev–Trinajstić information content (AvgIpc) is 3.11. The molecule has 1 aromatic carbocycles. The SMILES string of the molecule is Nc1ccn(-c2ccc(CN3CC4C(C3)C4C(N)CO)cc2)c(=O)n1. The molecule has 2 heterocycles. The third-order valence-corrected chi connectivity index (χ3v) is 5.49. The molecule has 2 aliphatic rings. The van der Waals surface area contributed by atoms with Gasteiger partial charge in [0.15, 0.2) is 0 Å². The fourth-order valence-electron chi connectivity index (χ4n) is 4.18. The third kappa shape index (κ3) is 3.06. The number of hydrogen-bond donors (Lipinski definition) is 3. The van der Waals surface area contributed by atoms with Gasteiger partial charge in [-0.25, -0.2) is 4.79 Å². The number of piperidine rings is 1. The van der Waals surface area contributed by atoms with Gasteiger partial charge in [-0.2, -0.15) is 4.98 Å². The molecule has 0 bridgehead atoms. The minimum atomic E-state index is -0.376. The van der Waals surface area contributed by atoms with E-state index in [2.05, 4.69) is 9.88 Å². The highest BCUT2D eigenvalue weighted by Gasteiger charge is 2.57. The van der Waals surface area contributed by atoms with E-state index in [9.17, 15) is 9.90 Å². The van der Waals surface area contributed by atoms with Crippen LogP contribution in [0.2, 0.25) is 0 Å². The molecule has 4 rings (SSSR count). The highest BCUT2D eigenvalue weighted by molar-refractivity contribution is 5.36. The van der Waals surface area contributed by atoms with E-state index in [1.165, 1.54) is 10.1 Å². The fraction of sp³-hybridized carbons (Fsp3) is 0.444. The summed E-state index contributed by atoms with van der Waals surface area (Å²) < 4.78 is 1.48. The number of aromatic nitrogens is 2. The summed E-state index contributed by atoms with van der Waals surface area (Å²) in [6, 6.07) is 9.48. The third-order valence-electron chi connectivity index (χ3n) is 5.49. The van der Waals surface area contributed by atoms with Crippen LogP contribution in [0.1, 0.15) is 5.56 Å². The predicted molar refractivity (Wildman–Crippen MR) is 95.1 cm³/mol. The molecule has 1 aliphatic heterocycles. The lowest BCUT2D eigenvalue weighted by atomic mass is 10.1. The zero-order valence-corrected chi connectivity index (χ0v) is 14.0. The van der Waals surface area contributed by atoms with E-state index in [1.54, 1.807) is 12.3 Å². The lowest BCUT2D eigenvalue weighted by molar-refractivity contribution is 0.218. The molecule has 3 atom stereocenters. The fourth-order valence-corrected chi connectivity index (χ4v) is 4.18. The number of fused-ring (bicyclic) bond motifs is 1. The monoisotopic (exact) mass is 341 g/mol. The van der Waals surface area contributed by atoms with Crippen molar-refractivity contribution < 1.29 is 5.11 Å². The summed E-state index contributed by atoms with van der Waals surface area (Å²) in [6.07, 6.45) is 1.64. The minimum absolute atomic E-state index is 0.0664. The van der Waals surface area contributed by atoms with Crippen molar-refractivity contribution in [3.8, 4) is 5.69 Å². The number of nitrogens with two attached hydrogens (primary N) is 2. The maximum atomic E-state index is 11.9. The number of aliphatic hydroxyl groups is 1. The average molecular weight is 341 g/mol. The lowest BCUT2D eigenvalue weighted by Crippen LogP contribution is -2.33. The quantitative estimate of drug-likeness (QED) is 0.695. The zero-order chi connectivity index (χ0) is 17.6. The second-order valence-corrected chi connectivity index (χ2v) is 7.12. The summed E-state index contributed by atoms with van der Waals surface area (Å²) in [5.41, 5.74) is 13.1. The summed E-state index contributed by atoms with van der Waals surface area (Å²) in [5, 5.41) is 9.18. The number of likely N-dealkylation sites (tertiary alicyclic amines) is 1. The summed E-state index contributed by atoms with van der Waals surface area (Å²) in [4.78, 5) is 18.1. The summed E-state index contributed by atoms with van der Waals surface area (Å²) in [7, 11) is 0. The Labute approximate surface area is 145 Å². The van der Waals surface area contributed by atoms with Gasteiger partial charge in [0.2, 0.25) is 0 Å². The Bertz CT molecular complexity index is 807. The van der Waals surface area contributed by atoms with Crippen LogP contribution in [-0.4, -0.2) is 45.3 Å². The Morgan fingerprint density at radius 1 is 1.20 bits per heavy atom. The van der Waals surface area contributed by atoms with E-state index >= 15 is 0 Å². The molecular formula is C18H23N5O2. The van der Waals surface area contributed by atoms with Gasteiger partial charge in [-0.05, 0) is 41.5 Å². The number of rotatable bonds is 5. The minimum Gasteiger partial charge on any atom is -0.395 e. The maximum Gasteiger partial charge on any atom is 0.354 e. The van der Waals surface area contributed by atoms with Crippen LogP contribution in [0, 0.1) is 17.8 Å². The molecule has 7 heteroatoms. The first-order valence-corrected chi connectivity index (χ1v) is 8.60. The van der Waals surface area contributed by atoms with Gasteiger partial charge in [0.1, 0.15) is 5.82 Å². The van der Waals surface area contributed by atoms with Gasteiger partial charge in [0.05, 0.1) is 12.3 Å². The van der Waals surface area contributed by atoms with Crippen LogP contribution in [0.25, 0.3) is 5.69 Å². The van der Waals surface area contributed by atoms with Crippen molar-refractivity contribution in [2.75, 3.05) is 25.4 Å². The smallest absolute Gasteiger partial charge is 0.354 e. The van der Waals surface area contributed by atoms with Crippen molar-refractivity contribution in [2.45, 2.75) is 12.6 Å². The van der Waals surface area contributed by atoms with Crippen molar-refractivity contribution in [1.82, 2.24) is 14.5 Å². The van der Waals surface area contributed by atoms with Crippen LogP contribution in [0.5, 0.6) is 0 Å². The van der Waals surface area contributed by atoms with Gasteiger partial charge in [-0.1, -0.05) is 12.1 Å². The van der Waals surface area contributed by atoms with E-state index in [1.807, 2.05) is 24.3 Å². The first-order valence-electron chi connectivity index (χ1n) is 8.60. The van der Waals surface area contributed by atoms with Crippen molar-refractivity contribution in [1.29, 1.82) is 0 Å². The molecule has 3 unspecified atom stereocenters. The zero-order valence-electron chi connectivity index (χ0n) is 14.0. The Morgan fingerprint density at radius 2 is 1.88 bits per heavy atom. The molecule has 0 radical (unpaired) electrons. The maximum absolute atomic E-state index is 11.9. The first-order chi connectivity index (χ1) is 12.1. The molecule has 1 aromatic heterocycles. The van der Waals surface area contributed by atoms with E-state index < -0.39 is 0 Å². The van der Waals surface area contributed by atoms with Crippen molar-refractivity contribution in [3.05, 3.63) is 52.6 Å². The molecule has 132 valence electrons. The molecule has 2 fully saturated rings. The largest absolute Gasteiger partial charge is 0.395 e. The second kappa shape index (κ2) is 6.25. The van der Waals surface area contributed by atoms with Crippen molar-refractivity contribution >= 4 is 5.82 Å². The first kappa shape index (κ1) is 16.3. The van der Waals surface area contributed by atoms with Crippen LogP contribution in [-0.2, 0) is 6.54 Å². The Balaban J connectivity index is 1.39. The Morgan fingerprint density at radius 3 is 2.48 bits per heavy atom. The van der Waals surface area contributed by atoms with Gasteiger partial charge < -0.3 is 16.6 Å². The number of hydrogen-bond acceptors (Lipinski definition) is 6. The number of nitrogen functional groups attached to an aromatic ring is 1. The summed E-state index contributed by atoms with van der Waals surface area (Å²) in [5.74, 6) is 2.00. The van der Waals surface area contributed by atoms with Crippen LogP contribution >= 0.6 is 0 Å². The molecule has 1 saturated carbocycles. The normalized spacial score (nSPS) is 26.4. The molecule has 5 N–H and O–H groups in total. The number of aliphatic hydroxyl groups excluding tert-OH is 1. The summed E-state index contributed by atoms with van der Waals surface area (Å²) >= 11 is 0. The van der Waals surface area contributed by atoms with E-state index in [4.69, 9.17) is 11.5 Å². The van der Waals surface area contributed by atoms with E-state index in [0.717, 1.165) is 25.3 Å².